The van der Waals surface area contributed by atoms with Crippen LogP contribution in [0.2, 0.25) is 0 Å². The van der Waals surface area contributed by atoms with Gasteiger partial charge in [-0.05, 0) is 30.3 Å². The summed E-state index contributed by atoms with van der Waals surface area (Å²) in [6.45, 7) is 0. The quantitative estimate of drug-likeness (QED) is 0.575. The highest BCUT2D eigenvalue weighted by atomic mass is 16.5. The smallest absolute Gasteiger partial charge is 0.151 e. The van der Waals surface area contributed by atoms with E-state index in [-0.39, 0.29) is 0 Å². The number of hydrogen-bond acceptors (Lipinski definition) is 2. The topological polar surface area (TPSA) is 21.3 Å². The van der Waals surface area contributed by atoms with Crippen LogP contribution in [0.1, 0.15) is 0 Å². The first-order chi connectivity index (χ1) is 6.93. The molecule has 14 heavy (non-hydrogen) atoms. The lowest BCUT2D eigenvalue weighted by atomic mass is 10.2. The second-order valence-electron chi connectivity index (χ2n) is 3.15. The molecular formula is C12H8NO. The van der Waals surface area contributed by atoms with Crippen molar-refractivity contribution in [2.75, 3.05) is 5.32 Å². The number of nitrogens with one attached hydrogen (secondary N) is 1. The molecule has 0 fully saturated rings. The number of ether oxygens (including phenoxy) is 1. The van der Waals surface area contributed by atoms with E-state index in [1.807, 2.05) is 42.5 Å². The third-order valence-corrected chi connectivity index (χ3v) is 2.20. The molecule has 1 radical (unpaired) electrons. The molecule has 0 unspecified atom stereocenters. The van der Waals surface area contributed by atoms with Gasteiger partial charge in [-0.1, -0.05) is 18.2 Å². The van der Waals surface area contributed by atoms with E-state index >= 15 is 0 Å². The molecule has 1 aliphatic heterocycles. The highest BCUT2D eigenvalue weighted by Gasteiger charge is 2.13. The van der Waals surface area contributed by atoms with Gasteiger partial charge < -0.3 is 10.1 Å². The van der Waals surface area contributed by atoms with Crippen LogP contribution in [0.15, 0.2) is 42.5 Å². The summed E-state index contributed by atoms with van der Waals surface area (Å²) in [5.41, 5.74) is 1.99. The van der Waals surface area contributed by atoms with Crippen LogP contribution in [0.4, 0.5) is 11.4 Å². The fourth-order valence-electron chi connectivity index (χ4n) is 1.53. The molecule has 1 aliphatic rings. The van der Waals surface area contributed by atoms with E-state index in [2.05, 4.69) is 11.4 Å². The van der Waals surface area contributed by atoms with Crippen molar-refractivity contribution >= 4 is 11.4 Å². The van der Waals surface area contributed by atoms with Gasteiger partial charge in [0.05, 0.1) is 11.4 Å². The molecule has 0 saturated carbocycles. The summed E-state index contributed by atoms with van der Waals surface area (Å²) in [4.78, 5) is 0. The molecule has 0 aliphatic carbocycles. The standard InChI is InChI=1S/C12H8NO/c1-3-7-11-9(5-1)13-10-6-2-4-8-12(10)14-11/h1-3,5-8,13H. The normalized spacial score (nSPS) is 12.0. The van der Waals surface area contributed by atoms with Crippen molar-refractivity contribution in [3.05, 3.63) is 48.5 Å². The number of hydrogen-bond donors (Lipinski definition) is 1. The first kappa shape index (κ1) is 7.44. The zero-order chi connectivity index (χ0) is 9.38. The Balaban J connectivity index is 2.12. The molecule has 0 atom stereocenters. The minimum absolute atomic E-state index is 0.825. The van der Waals surface area contributed by atoms with E-state index in [0.717, 1.165) is 22.9 Å². The maximum Gasteiger partial charge on any atom is 0.151 e. The largest absolute Gasteiger partial charge is 0.453 e. The van der Waals surface area contributed by atoms with Crippen LogP contribution in [-0.4, -0.2) is 0 Å². The van der Waals surface area contributed by atoms with Gasteiger partial charge in [-0.3, -0.25) is 0 Å². The van der Waals surface area contributed by atoms with E-state index in [1.165, 1.54) is 0 Å². The maximum absolute atomic E-state index is 5.68. The van der Waals surface area contributed by atoms with Crippen molar-refractivity contribution in [2.24, 2.45) is 0 Å². The van der Waals surface area contributed by atoms with Crippen LogP contribution < -0.4 is 10.1 Å². The van der Waals surface area contributed by atoms with Crippen molar-refractivity contribution < 1.29 is 4.74 Å². The molecule has 1 heterocycles. The van der Waals surface area contributed by atoms with Crippen LogP contribution in [0.3, 0.4) is 0 Å². The Hall–Kier alpha value is -1.96. The monoisotopic (exact) mass is 182 g/mol. The van der Waals surface area contributed by atoms with Crippen LogP contribution >= 0.6 is 0 Å². The summed E-state index contributed by atoms with van der Waals surface area (Å²) in [7, 11) is 0. The Morgan fingerprint density at radius 2 is 1.86 bits per heavy atom. The third kappa shape index (κ3) is 1.04. The van der Waals surface area contributed by atoms with Crippen molar-refractivity contribution in [3.63, 3.8) is 0 Å². The molecular weight excluding hydrogens is 174 g/mol. The zero-order valence-electron chi connectivity index (χ0n) is 7.45. The third-order valence-electron chi connectivity index (χ3n) is 2.20. The molecule has 0 bridgehead atoms. The van der Waals surface area contributed by atoms with Gasteiger partial charge in [0.15, 0.2) is 11.5 Å². The molecule has 2 heteroatoms. The average Bonchev–Trinajstić information content (AvgIpc) is 2.26. The molecule has 67 valence electrons. The lowest BCUT2D eigenvalue weighted by Crippen LogP contribution is -2.01. The van der Waals surface area contributed by atoms with E-state index < -0.39 is 0 Å². The van der Waals surface area contributed by atoms with Crippen molar-refractivity contribution in [1.29, 1.82) is 0 Å². The molecule has 3 rings (SSSR count). The molecule has 1 N–H and O–H groups in total. The maximum atomic E-state index is 5.68. The number of rotatable bonds is 0. The van der Waals surface area contributed by atoms with Crippen LogP contribution in [0.5, 0.6) is 11.5 Å². The summed E-state index contributed by atoms with van der Waals surface area (Å²) in [5.74, 6) is 1.69. The molecule has 0 aromatic heterocycles. The SMILES string of the molecule is [c]1ccc2c(c1)Oc1ccccc1N2. The van der Waals surface area contributed by atoms with Gasteiger partial charge in [-0.15, -0.1) is 0 Å². The highest BCUT2D eigenvalue weighted by Crippen LogP contribution is 2.40. The van der Waals surface area contributed by atoms with E-state index in [1.54, 1.807) is 0 Å². The average molecular weight is 182 g/mol. The van der Waals surface area contributed by atoms with Crippen molar-refractivity contribution in [3.8, 4) is 11.5 Å². The predicted molar refractivity (Wildman–Crippen MR) is 55.1 cm³/mol. The number of para-hydroxylation sites is 2. The summed E-state index contributed by atoms with van der Waals surface area (Å²) in [5, 5.41) is 3.30. The Morgan fingerprint density at radius 1 is 1.00 bits per heavy atom. The van der Waals surface area contributed by atoms with Gasteiger partial charge >= 0.3 is 0 Å². The lowest BCUT2D eigenvalue weighted by molar-refractivity contribution is 0.481. The molecule has 2 nitrogen and oxygen atoms in total. The van der Waals surface area contributed by atoms with Gasteiger partial charge in [0.1, 0.15) is 0 Å². The fraction of sp³-hybridized carbons (Fsp3) is 0. The van der Waals surface area contributed by atoms with Gasteiger partial charge in [0.2, 0.25) is 0 Å². The second kappa shape index (κ2) is 2.77. The molecule has 0 spiro atoms. The summed E-state index contributed by atoms with van der Waals surface area (Å²) >= 11 is 0. The van der Waals surface area contributed by atoms with Crippen LogP contribution in [-0.2, 0) is 0 Å². The molecule has 0 saturated heterocycles. The van der Waals surface area contributed by atoms with Crippen LogP contribution in [0, 0.1) is 6.07 Å². The predicted octanol–water partition coefficient (Wildman–Crippen LogP) is 3.34. The Kier molecular flexibility index (Phi) is 1.47. The minimum Gasteiger partial charge on any atom is -0.453 e. The van der Waals surface area contributed by atoms with Crippen molar-refractivity contribution in [1.82, 2.24) is 0 Å². The van der Waals surface area contributed by atoms with Crippen LogP contribution in [0.25, 0.3) is 0 Å². The zero-order valence-corrected chi connectivity index (χ0v) is 7.45. The van der Waals surface area contributed by atoms with Gasteiger partial charge in [0, 0.05) is 0 Å². The van der Waals surface area contributed by atoms with E-state index in [0.29, 0.717) is 0 Å². The fourth-order valence-corrected chi connectivity index (χ4v) is 1.53. The van der Waals surface area contributed by atoms with Gasteiger partial charge in [-0.2, -0.15) is 0 Å². The first-order valence-corrected chi connectivity index (χ1v) is 4.47. The Morgan fingerprint density at radius 3 is 2.86 bits per heavy atom. The first-order valence-electron chi connectivity index (χ1n) is 4.47. The molecule has 2 aromatic rings. The summed E-state index contributed by atoms with van der Waals surface area (Å²) in [6.07, 6.45) is 0. The number of anilines is 2. The van der Waals surface area contributed by atoms with Crippen molar-refractivity contribution in [2.45, 2.75) is 0 Å². The molecule has 2 aromatic carbocycles. The van der Waals surface area contributed by atoms with Gasteiger partial charge in [0.25, 0.3) is 0 Å². The van der Waals surface area contributed by atoms with E-state index in [9.17, 15) is 0 Å². The highest BCUT2D eigenvalue weighted by molar-refractivity contribution is 5.74. The number of fused-ring (bicyclic) bond motifs is 2. The lowest BCUT2D eigenvalue weighted by Gasteiger charge is -2.20. The Bertz CT molecular complexity index is 392. The van der Waals surface area contributed by atoms with Gasteiger partial charge in [-0.25, -0.2) is 0 Å². The second-order valence-corrected chi connectivity index (χ2v) is 3.15. The summed E-state index contributed by atoms with van der Waals surface area (Å²) < 4.78 is 5.68. The number of benzene rings is 2. The minimum atomic E-state index is 0.825. The Labute approximate surface area is 82.1 Å². The molecule has 0 amide bonds. The van der Waals surface area contributed by atoms with E-state index in [4.69, 9.17) is 4.74 Å². The summed E-state index contributed by atoms with van der Waals surface area (Å²) in [6, 6.07) is 16.5.